The second-order valence-corrected chi connectivity index (χ2v) is 7.10. The van der Waals surface area contributed by atoms with Gasteiger partial charge in [-0.3, -0.25) is 9.79 Å². The number of fused-ring (bicyclic) bond motifs is 1. The zero-order valence-electron chi connectivity index (χ0n) is 16.6. The number of aliphatic imine (C=N–C) groups is 1. The number of nitrogens with one attached hydrogen (secondary N) is 1. The van der Waals surface area contributed by atoms with E-state index in [1.54, 1.807) is 25.3 Å². The highest BCUT2D eigenvalue weighted by molar-refractivity contribution is 5.99. The number of benzene rings is 3. The minimum Gasteiger partial charge on any atom is -0.497 e. The van der Waals surface area contributed by atoms with Gasteiger partial charge in [0.25, 0.3) is 5.91 Å². The van der Waals surface area contributed by atoms with Crippen molar-refractivity contribution < 1.29 is 13.9 Å². The lowest BCUT2D eigenvalue weighted by molar-refractivity contribution is 0.0938. The number of nitrogens with zero attached hydrogens (tertiary/aromatic N) is 1. The van der Waals surface area contributed by atoms with Gasteiger partial charge in [-0.05, 0) is 52.6 Å². The normalized spacial score (nSPS) is 13.4. The molecule has 6 heteroatoms. The Hall–Kier alpha value is -3.51. The van der Waals surface area contributed by atoms with E-state index in [0.29, 0.717) is 23.4 Å². The van der Waals surface area contributed by atoms with Crippen LogP contribution < -0.4 is 15.8 Å². The third-order valence-electron chi connectivity index (χ3n) is 5.22. The van der Waals surface area contributed by atoms with Gasteiger partial charge in [-0.25, -0.2) is 0 Å². The van der Waals surface area contributed by atoms with Crippen LogP contribution in [0.5, 0.6) is 5.75 Å². The molecule has 30 heavy (non-hydrogen) atoms. The first-order valence-electron chi connectivity index (χ1n) is 9.67. The van der Waals surface area contributed by atoms with Crippen LogP contribution in [0.3, 0.4) is 0 Å². The van der Waals surface area contributed by atoms with Crippen LogP contribution >= 0.6 is 0 Å². The zero-order chi connectivity index (χ0) is 21.1. The number of rotatable bonds is 6. The van der Waals surface area contributed by atoms with Crippen LogP contribution in [-0.4, -0.2) is 25.5 Å². The summed E-state index contributed by atoms with van der Waals surface area (Å²) in [5.41, 5.74) is 10.3. The van der Waals surface area contributed by atoms with E-state index < -0.39 is 5.97 Å². The average molecular weight is 403 g/mol. The third kappa shape index (κ3) is 3.95. The number of hydrogen-bond acceptors (Lipinski definition) is 4. The molecule has 0 bridgehead atoms. The molecule has 5 nitrogen and oxygen atoms in total. The second-order valence-electron chi connectivity index (χ2n) is 7.10. The van der Waals surface area contributed by atoms with E-state index in [1.165, 1.54) is 0 Å². The third-order valence-corrected chi connectivity index (χ3v) is 5.22. The SMILES string of the molecule is COc1cccc(C(CN)NC(=O)c2cccc(-c3ccc4c(c3)C(F)=NC4)c2)c1. The molecule has 0 saturated heterocycles. The Morgan fingerprint density at radius 1 is 1.13 bits per heavy atom. The van der Waals surface area contributed by atoms with E-state index in [9.17, 15) is 9.18 Å². The number of ether oxygens (including phenoxy) is 1. The second kappa shape index (κ2) is 8.47. The van der Waals surface area contributed by atoms with Gasteiger partial charge >= 0.3 is 0 Å². The van der Waals surface area contributed by atoms with Crippen LogP contribution in [0.4, 0.5) is 4.39 Å². The van der Waals surface area contributed by atoms with Crippen molar-refractivity contribution >= 4 is 11.9 Å². The lowest BCUT2D eigenvalue weighted by Gasteiger charge is -2.18. The molecule has 1 heterocycles. The topological polar surface area (TPSA) is 76.7 Å². The number of carbonyl (C=O) groups is 1. The molecule has 152 valence electrons. The molecule has 1 unspecified atom stereocenters. The van der Waals surface area contributed by atoms with Gasteiger partial charge in [-0.15, -0.1) is 0 Å². The van der Waals surface area contributed by atoms with Gasteiger partial charge in [-0.2, -0.15) is 4.39 Å². The molecule has 0 aliphatic carbocycles. The van der Waals surface area contributed by atoms with Crippen LogP contribution in [-0.2, 0) is 6.54 Å². The van der Waals surface area contributed by atoms with Crippen molar-refractivity contribution in [3.8, 4) is 16.9 Å². The van der Waals surface area contributed by atoms with E-state index in [-0.39, 0.29) is 18.5 Å². The van der Waals surface area contributed by atoms with Gasteiger partial charge in [-0.1, -0.05) is 36.4 Å². The molecule has 0 fully saturated rings. The number of amides is 1. The molecule has 4 rings (SSSR count). The van der Waals surface area contributed by atoms with Crippen molar-refractivity contribution in [3.63, 3.8) is 0 Å². The van der Waals surface area contributed by atoms with Crippen molar-refractivity contribution in [2.75, 3.05) is 13.7 Å². The lowest BCUT2D eigenvalue weighted by atomic mass is 9.98. The lowest BCUT2D eigenvalue weighted by Crippen LogP contribution is -2.33. The van der Waals surface area contributed by atoms with Gasteiger partial charge in [0, 0.05) is 17.7 Å². The Morgan fingerprint density at radius 3 is 2.73 bits per heavy atom. The fourth-order valence-electron chi connectivity index (χ4n) is 3.54. The van der Waals surface area contributed by atoms with Crippen LogP contribution in [0, 0.1) is 0 Å². The number of hydrogen-bond donors (Lipinski definition) is 2. The molecule has 1 aliphatic heterocycles. The predicted molar refractivity (Wildman–Crippen MR) is 115 cm³/mol. The Kier molecular flexibility index (Phi) is 5.59. The number of halogens is 1. The van der Waals surface area contributed by atoms with Crippen molar-refractivity contribution in [2.45, 2.75) is 12.6 Å². The van der Waals surface area contributed by atoms with E-state index in [1.807, 2.05) is 48.5 Å². The van der Waals surface area contributed by atoms with Gasteiger partial charge in [0.2, 0.25) is 5.97 Å². The smallest absolute Gasteiger partial charge is 0.251 e. The summed E-state index contributed by atoms with van der Waals surface area (Å²) in [6, 6.07) is 19.9. The van der Waals surface area contributed by atoms with Gasteiger partial charge in [0.15, 0.2) is 0 Å². The maximum Gasteiger partial charge on any atom is 0.251 e. The summed E-state index contributed by atoms with van der Waals surface area (Å²) in [7, 11) is 1.59. The largest absolute Gasteiger partial charge is 0.497 e. The average Bonchev–Trinajstić information content (AvgIpc) is 3.17. The van der Waals surface area contributed by atoms with Crippen molar-refractivity contribution in [1.29, 1.82) is 0 Å². The summed E-state index contributed by atoms with van der Waals surface area (Å²) in [5, 5.41) is 2.98. The molecule has 0 radical (unpaired) electrons. The highest BCUT2D eigenvalue weighted by Gasteiger charge is 2.18. The minimum absolute atomic E-state index is 0.232. The summed E-state index contributed by atoms with van der Waals surface area (Å²) < 4.78 is 19.1. The summed E-state index contributed by atoms with van der Waals surface area (Å²) in [6.07, 6.45) is 0. The predicted octanol–water partition coefficient (Wildman–Crippen LogP) is 4.02. The molecule has 3 aromatic carbocycles. The van der Waals surface area contributed by atoms with Crippen LogP contribution in [0.15, 0.2) is 71.7 Å². The highest BCUT2D eigenvalue weighted by atomic mass is 19.1. The van der Waals surface area contributed by atoms with Gasteiger partial charge in [0.05, 0.1) is 19.7 Å². The maximum absolute atomic E-state index is 13.9. The molecular weight excluding hydrogens is 381 g/mol. The Morgan fingerprint density at radius 2 is 1.93 bits per heavy atom. The summed E-state index contributed by atoms with van der Waals surface area (Å²) in [6.45, 7) is 0.622. The molecule has 0 saturated carbocycles. The number of carbonyl (C=O) groups excluding carboxylic acids is 1. The van der Waals surface area contributed by atoms with E-state index in [4.69, 9.17) is 10.5 Å². The number of nitrogens with two attached hydrogens (primary N) is 1. The van der Waals surface area contributed by atoms with Crippen molar-refractivity contribution in [1.82, 2.24) is 5.32 Å². The molecule has 0 aromatic heterocycles. The van der Waals surface area contributed by atoms with Gasteiger partial charge < -0.3 is 15.8 Å². The van der Waals surface area contributed by atoms with Gasteiger partial charge in [0.1, 0.15) is 5.75 Å². The molecule has 3 N–H and O–H groups in total. The zero-order valence-corrected chi connectivity index (χ0v) is 16.6. The Labute approximate surface area is 174 Å². The van der Waals surface area contributed by atoms with E-state index >= 15 is 0 Å². The first kappa shape index (κ1) is 19.8. The first-order valence-corrected chi connectivity index (χ1v) is 9.67. The van der Waals surface area contributed by atoms with E-state index in [2.05, 4.69) is 10.3 Å². The molecule has 1 aliphatic rings. The molecule has 1 amide bonds. The number of methoxy groups -OCH3 is 1. The van der Waals surface area contributed by atoms with Crippen LogP contribution in [0.25, 0.3) is 11.1 Å². The first-order chi connectivity index (χ1) is 14.6. The fourth-order valence-corrected chi connectivity index (χ4v) is 3.54. The molecular formula is C24H22FN3O2. The van der Waals surface area contributed by atoms with Crippen LogP contribution in [0.1, 0.15) is 33.1 Å². The van der Waals surface area contributed by atoms with Crippen molar-refractivity contribution in [2.24, 2.45) is 10.7 Å². The Balaban J connectivity index is 1.57. The standard InChI is InChI=1S/C24H22FN3O2/c1-30-20-7-3-5-17(11-20)22(13-26)28-24(29)18-6-2-4-15(10-18)16-8-9-19-14-27-23(25)21(19)12-16/h2-12,22H,13-14,26H2,1H3,(H,28,29). The fraction of sp³-hybridized carbons (Fsp3) is 0.167. The maximum atomic E-state index is 13.9. The minimum atomic E-state index is -0.440. The summed E-state index contributed by atoms with van der Waals surface area (Å²) >= 11 is 0. The highest BCUT2D eigenvalue weighted by Crippen LogP contribution is 2.28. The summed E-state index contributed by atoms with van der Waals surface area (Å²) in [5.74, 6) is 0.0309. The molecule has 0 spiro atoms. The summed E-state index contributed by atoms with van der Waals surface area (Å²) in [4.78, 5) is 16.7. The van der Waals surface area contributed by atoms with Crippen molar-refractivity contribution in [3.05, 3.63) is 89.0 Å². The molecule has 1 atom stereocenters. The van der Waals surface area contributed by atoms with E-state index in [0.717, 1.165) is 22.3 Å². The Bertz CT molecular complexity index is 1130. The monoisotopic (exact) mass is 403 g/mol. The van der Waals surface area contributed by atoms with Crippen LogP contribution in [0.2, 0.25) is 0 Å². The molecule has 3 aromatic rings. The quantitative estimate of drug-likeness (QED) is 0.653.